The van der Waals surface area contributed by atoms with E-state index in [0.717, 1.165) is 0 Å². The predicted molar refractivity (Wildman–Crippen MR) is 130 cm³/mol. The van der Waals surface area contributed by atoms with Gasteiger partial charge >= 0.3 is 6.36 Å². The molecule has 1 amide bonds. The topological polar surface area (TPSA) is 89.5 Å². The number of methoxy groups -OCH3 is 2. The van der Waals surface area contributed by atoms with Gasteiger partial charge in [0.05, 0.1) is 19.9 Å². The third-order valence-electron chi connectivity index (χ3n) is 5.74. The molecule has 1 heterocycles. The van der Waals surface area contributed by atoms with Gasteiger partial charge in [0.15, 0.2) is 5.75 Å². The molecule has 1 aliphatic rings. The Hall–Kier alpha value is -3.83. The molecule has 8 nitrogen and oxygen atoms in total. The number of benzene rings is 3. The number of hydrogen-bond acceptors (Lipinski definition) is 7. The zero-order valence-corrected chi connectivity index (χ0v) is 20.4. The van der Waals surface area contributed by atoms with Gasteiger partial charge in [0.1, 0.15) is 23.3 Å². The fourth-order valence-electron chi connectivity index (χ4n) is 4.13. The number of carbonyl (C=O) groups is 1. The molecule has 0 spiro atoms. The number of halogens is 4. The summed E-state index contributed by atoms with van der Waals surface area (Å²) in [6.07, 6.45) is -4.43. The summed E-state index contributed by atoms with van der Waals surface area (Å²) in [5, 5.41) is 12.6. The Morgan fingerprint density at radius 3 is 2.46 bits per heavy atom. The molecule has 1 atom stereocenters. The summed E-state index contributed by atoms with van der Waals surface area (Å²) < 4.78 is 53.2. The van der Waals surface area contributed by atoms with Crippen molar-refractivity contribution in [2.24, 2.45) is 0 Å². The monoisotopic (exact) mass is 538 g/mol. The first-order valence-electron chi connectivity index (χ1n) is 10.9. The van der Waals surface area contributed by atoms with Crippen LogP contribution in [0.4, 0.5) is 24.5 Å². The Morgan fingerprint density at radius 1 is 1.03 bits per heavy atom. The van der Waals surface area contributed by atoms with E-state index in [1.54, 1.807) is 24.3 Å². The standard InChI is InChI=1S/C25H22ClF3N2O6/c1-34-18-10-16(11-19(12-18)37-33)30-23(20-6-4-15(26)9-22(20)35-2)24(32)31-8-7-14-3-5-17(13-21(14)31)36-25(27,28)29/h3-6,9-13,23,30,33H,7-8H2,1-2H3. The minimum Gasteiger partial charge on any atom is -0.497 e. The molecule has 12 heteroatoms. The molecule has 3 aromatic carbocycles. The van der Waals surface area contributed by atoms with Crippen LogP contribution in [0.15, 0.2) is 54.6 Å². The van der Waals surface area contributed by atoms with E-state index in [2.05, 4.69) is 14.9 Å². The molecule has 37 heavy (non-hydrogen) atoms. The van der Waals surface area contributed by atoms with Crippen molar-refractivity contribution < 1.29 is 42.3 Å². The maximum atomic E-state index is 14.0. The fourth-order valence-corrected chi connectivity index (χ4v) is 4.29. The van der Waals surface area contributed by atoms with Gasteiger partial charge in [-0.2, -0.15) is 0 Å². The van der Waals surface area contributed by atoms with Crippen LogP contribution in [0.5, 0.6) is 23.0 Å². The molecule has 2 N–H and O–H groups in total. The average molecular weight is 539 g/mol. The van der Waals surface area contributed by atoms with E-state index in [-0.39, 0.29) is 12.3 Å². The van der Waals surface area contributed by atoms with Gasteiger partial charge in [-0.25, -0.2) is 5.26 Å². The van der Waals surface area contributed by atoms with Gasteiger partial charge in [0.25, 0.3) is 5.91 Å². The highest BCUT2D eigenvalue weighted by Gasteiger charge is 2.35. The van der Waals surface area contributed by atoms with Crippen LogP contribution in [-0.4, -0.2) is 38.3 Å². The molecule has 1 aliphatic heterocycles. The first-order chi connectivity index (χ1) is 17.6. The molecule has 196 valence electrons. The second-order valence-electron chi connectivity index (χ2n) is 8.03. The number of alkyl halides is 3. The number of nitrogens with one attached hydrogen (secondary N) is 1. The molecule has 1 unspecified atom stereocenters. The number of carbonyl (C=O) groups excluding carboxylic acids is 1. The van der Waals surface area contributed by atoms with Gasteiger partial charge in [0, 0.05) is 47.1 Å². The van der Waals surface area contributed by atoms with E-state index in [9.17, 15) is 18.0 Å². The van der Waals surface area contributed by atoms with Crippen LogP contribution < -0.4 is 29.3 Å². The maximum Gasteiger partial charge on any atom is 0.573 e. The highest BCUT2D eigenvalue weighted by Crippen LogP contribution is 2.39. The number of rotatable bonds is 8. The summed E-state index contributed by atoms with van der Waals surface area (Å²) in [6, 6.07) is 12.0. The number of fused-ring (bicyclic) bond motifs is 1. The van der Waals surface area contributed by atoms with Crippen molar-refractivity contribution in [3.05, 3.63) is 70.7 Å². The lowest BCUT2D eigenvalue weighted by Crippen LogP contribution is -2.37. The van der Waals surface area contributed by atoms with E-state index in [1.807, 2.05) is 0 Å². The summed E-state index contributed by atoms with van der Waals surface area (Å²) in [7, 11) is 2.85. The first kappa shape index (κ1) is 26.2. The van der Waals surface area contributed by atoms with Crippen LogP contribution in [-0.2, 0) is 11.2 Å². The largest absolute Gasteiger partial charge is 0.573 e. The van der Waals surface area contributed by atoms with Gasteiger partial charge in [-0.15, -0.1) is 13.2 Å². The van der Waals surface area contributed by atoms with E-state index in [0.29, 0.717) is 45.4 Å². The highest BCUT2D eigenvalue weighted by molar-refractivity contribution is 6.30. The molecular formula is C25H22ClF3N2O6. The number of amides is 1. The number of hydrogen-bond donors (Lipinski definition) is 2. The van der Waals surface area contributed by atoms with E-state index in [1.165, 1.54) is 49.5 Å². The molecule has 4 rings (SSSR count). The number of ether oxygens (including phenoxy) is 3. The number of anilines is 2. The molecule has 0 radical (unpaired) electrons. The number of nitrogens with zero attached hydrogens (tertiary/aromatic N) is 1. The molecule has 3 aromatic rings. The van der Waals surface area contributed by atoms with Crippen molar-refractivity contribution >= 4 is 28.9 Å². The molecule has 0 fully saturated rings. The lowest BCUT2D eigenvalue weighted by Gasteiger charge is -2.27. The van der Waals surface area contributed by atoms with Gasteiger partial charge < -0.3 is 29.3 Å². The molecule has 0 aromatic heterocycles. The normalized spacial score (nSPS) is 13.5. The van der Waals surface area contributed by atoms with Crippen molar-refractivity contribution in [3.63, 3.8) is 0 Å². The minimum absolute atomic E-state index is 0.0524. The Morgan fingerprint density at radius 2 is 1.78 bits per heavy atom. The highest BCUT2D eigenvalue weighted by atomic mass is 35.5. The Labute approximate surface area is 215 Å². The smallest absolute Gasteiger partial charge is 0.497 e. The molecule has 0 bridgehead atoms. The fraction of sp³-hybridized carbons (Fsp3) is 0.240. The summed E-state index contributed by atoms with van der Waals surface area (Å²) in [4.78, 5) is 19.7. The van der Waals surface area contributed by atoms with Gasteiger partial charge in [0.2, 0.25) is 0 Å². The molecular weight excluding hydrogens is 517 g/mol. The minimum atomic E-state index is -4.87. The van der Waals surface area contributed by atoms with Crippen LogP contribution in [0.3, 0.4) is 0 Å². The Bertz CT molecular complexity index is 1280. The summed E-state index contributed by atoms with van der Waals surface area (Å²) in [6.45, 7) is 0.237. The SMILES string of the molecule is COc1cc(NC(C(=O)N2CCc3ccc(OC(F)(F)F)cc32)c2ccc(Cl)cc2OC)cc(OO)c1. The summed E-state index contributed by atoms with van der Waals surface area (Å²) >= 11 is 6.12. The van der Waals surface area contributed by atoms with Crippen molar-refractivity contribution in [3.8, 4) is 23.0 Å². The van der Waals surface area contributed by atoms with Crippen LogP contribution >= 0.6 is 11.6 Å². The van der Waals surface area contributed by atoms with Crippen molar-refractivity contribution in [2.75, 3.05) is 31.0 Å². The summed E-state index contributed by atoms with van der Waals surface area (Å²) in [5.41, 5.74) is 1.77. The van der Waals surface area contributed by atoms with Crippen molar-refractivity contribution in [1.29, 1.82) is 0 Å². The zero-order valence-electron chi connectivity index (χ0n) is 19.6. The second-order valence-corrected chi connectivity index (χ2v) is 8.47. The first-order valence-corrected chi connectivity index (χ1v) is 11.3. The maximum absolute atomic E-state index is 14.0. The van der Waals surface area contributed by atoms with E-state index in [4.69, 9.17) is 26.3 Å². The quantitative estimate of drug-likeness (QED) is 0.275. The van der Waals surface area contributed by atoms with E-state index < -0.39 is 24.1 Å². The average Bonchev–Trinajstić information content (AvgIpc) is 3.29. The van der Waals surface area contributed by atoms with Crippen molar-refractivity contribution in [1.82, 2.24) is 0 Å². The van der Waals surface area contributed by atoms with Crippen LogP contribution in [0.1, 0.15) is 17.2 Å². The van der Waals surface area contributed by atoms with Gasteiger partial charge in [-0.05, 0) is 30.2 Å². The van der Waals surface area contributed by atoms with Gasteiger partial charge in [-0.1, -0.05) is 23.7 Å². The Balaban J connectivity index is 1.76. The van der Waals surface area contributed by atoms with Crippen molar-refractivity contribution in [2.45, 2.75) is 18.8 Å². The van der Waals surface area contributed by atoms with Crippen LogP contribution in [0.2, 0.25) is 5.02 Å². The predicted octanol–water partition coefficient (Wildman–Crippen LogP) is 5.85. The lowest BCUT2D eigenvalue weighted by atomic mass is 10.0. The zero-order chi connectivity index (χ0) is 26.7. The molecule has 0 saturated heterocycles. The van der Waals surface area contributed by atoms with Crippen LogP contribution in [0.25, 0.3) is 0 Å². The second kappa shape index (κ2) is 10.7. The van der Waals surface area contributed by atoms with Crippen LogP contribution in [0, 0.1) is 0 Å². The lowest BCUT2D eigenvalue weighted by molar-refractivity contribution is -0.274. The van der Waals surface area contributed by atoms with E-state index >= 15 is 0 Å². The third-order valence-corrected chi connectivity index (χ3v) is 5.97. The molecule has 0 aliphatic carbocycles. The van der Waals surface area contributed by atoms with Gasteiger partial charge in [-0.3, -0.25) is 4.79 Å². The Kier molecular flexibility index (Phi) is 7.55. The molecule has 0 saturated carbocycles. The third kappa shape index (κ3) is 5.95. The summed E-state index contributed by atoms with van der Waals surface area (Å²) in [5.74, 6) is -0.205.